The number of fused-ring (bicyclic) bond motifs is 1. The zero-order valence-electron chi connectivity index (χ0n) is 9.88. The zero-order valence-corrected chi connectivity index (χ0v) is 9.88. The maximum absolute atomic E-state index is 11.8. The summed E-state index contributed by atoms with van der Waals surface area (Å²) in [6, 6.07) is 0.516. The van der Waals surface area contributed by atoms with Gasteiger partial charge < -0.3 is 10.1 Å². The number of hydrogen-bond donors (Lipinski definition) is 1. The Morgan fingerprint density at radius 1 is 1.33 bits per heavy atom. The standard InChI is InChI=1S/C12H21NO2/c1-12(2,3)15-11(14)10-7-8-5-4-6-9(8)13-10/h8-10,13H,4-7H2,1-3H3. The number of rotatable bonds is 1. The van der Waals surface area contributed by atoms with Crippen molar-refractivity contribution in [1.82, 2.24) is 5.32 Å². The van der Waals surface area contributed by atoms with E-state index in [1.54, 1.807) is 0 Å². The van der Waals surface area contributed by atoms with Gasteiger partial charge in [0.2, 0.25) is 0 Å². The van der Waals surface area contributed by atoms with E-state index in [-0.39, 0.29) is 17.6 Å². The van der Waals surface area contributed by atoms with Crippen LogP contribution >= 0.6 is 0 Å². The molecule has 1 saturated heterocycles. The maximum Gasteiger partial charge on any atom is 0.323 e. The van der Waals surface area contributed by atoms with Crippen LogP contribution in [0.25, 0.3) is 0 Å². The lowest BCUT2D eigenvalue weighted by Crippen LogP contribution is -2.39. The van der Waals surface area contributed by atoms with E-state index in [0.717, 1.165) is 6.42 Å². The first kappa shape index (κ1) is 10.9. The van der Waals surface area contributed by atoms with Gasteiger partial charge in [-0.1, -0.05) is 6.42 Å². The first-order valence-electron chi connectivity index (χ1n) is 5.94. The van der Waals surface area contributed by atoms with Gasteiger partial charge in [-0.15, -0.1) is 0 Å². The van der Waals surface area contributed by atoms with E-state index in [2.05, 4.69) is 5.32 Å². The van der Waals surface area contributed by atoms with Gasteiger partial charge in [-0.25, -0.2) is 0 Å². The molecule has 0 aromatic carbocycles. The molecule has 0 amide bonds. The van der Waals surface area contributed by atoms with E-state index in [0.29, 0.717) is 12.0 Å². The first-order chi connectivity index (χ1) is 6.96. The summed E-state index contributed by atoms with van der Waals surface area (Å²) in [5.74, 6) is 0.638. The molecule has 3 unspecified atom stereocenters. The average Bonchev–Trinajstić information content (AvgIpc) is 2.56. The summed E-state index contributed by atoms with van der Waals surface area (Å²) in [7, 11) is 0. The second-order valence-corrected chi connectivity index (χ2v) is 5.79. The Morgan fingerprint density at radius 3 is 2.67 bits per heavy atom. The summed E-state index contributed by atoms with van der Waals surface area (Å²) in [5.41, 5.74) is -0.365. The SMILES string of the molecule is CC(C)(C)OC(=O)C1CC2CCCC2N1. The van der Waals surface area contributed by atoms with Crippen LogP contribution in [0.2, 0.25) is 0 Å². The monoisotopic (exact) mass is 211 g/mol. The summed E-state index contributed by atoms with van der Waals surface area (Å²) in [5, 5.41) is 3.40. The van der Waals surface area contributed by atoms with Gasteiger partial charge in [-0.3, -0.25) is 4.79 Å². The van der Waals surface area contributed by atoms with Crippen molar-refractivity contribution in [3.8, 4) is 0 Å². The maximum atomic E-state index is 11.8. The number of hydrogen-bond acceptors (Lipinski definition) is 3. The van der Waals surface area contributed by atoms with Crippen LogP contribution in [0.4, 0.5) is 0 Å². The third-order valence-corrected chi connectivity index (χ3v) is 3.30. The molecule has 15 heavy (non-hydrogen) atoms. The lowest BCUT2D eigenvalue weighted by Gasteiger charge is -2.22. The summed E-state index contributed by atoms with van der Waals surface area (Å²) in [6.45, 7) is 5.75. The van der Waals surface area contributed by atoms with Crippen LogP contribution in [0.15, 0.2) is 0 Å². The van der Waals surface area contributed by atoms with Crippen LogP contribution in [0.5, 0.6) is 0 Å². The molecular weight excluding hydrogens is 190 g/mol. The van der Waals surface area contributed by atoms with Crippen molar-refractivity contribution in [2.45, 2.75) is 64.1 Å². The molecule has 1 heterocycles. The first-order valence-corrected chi connectivity index (χ1v) is 5.94. The topological polar surface area (TPSA) is 38.3 Å². The predicted octanol–water partition coefficient (Wildman–Crippen LogP) is 1.86. The van der Waals surface area contributed by atoms with E-state index in [4.69, 9.17) is 4.74 Å². The van der Waals surface area contributed by atoms with Gasteiger partial charge in [0.25, 0.3) is 0 Å². The highest BCUT2D eigenvalue weighted by atomic mass is 16.6. The quantitative estimate of drug-likeness (QED) is 0.673. The molecule has 0 spiro atoms. The molecule has 3 nitrogen and oxygen atoms in total. The molecule has 1 N–H and O–H groups in total. The van der Waals surface area contributed by atoms with Gasteiger partial charge in [0, 0.05) is 6.04 Å². The minimum Gasteiger partial charge on any atom is -0.459 e. The highest BCUT2D eigenvalue weighted by molar-refractivity contribution is 5.76. The predicted molar refractivity (Wildman–Crippen MR) is 58.5 cm³/mol. The van der Waals surface area contributed by atoms with E-state index in [1.807, 2.05) is 20.8 Å². The van der Waals surface area contributed by atoms with Crippen molar-refractivity contribution in [3.05, 3.63) is 0 Å². The van der Waals surface area contributed by atoms with Crippen LogP contribution in [0.3, 0.4) is 0 Å². The van der Waals surface area contributed by atoms with Crippen molar-refractivity contribution < 1.29 is 9.53 Å². The van der Waals surface area contributed by atoms with Gasteiger partial charge in [0.05, 0.1) is 0 Å². The summed E-state index contributed by atoms with van der Waals surface area (Å²) >= 11 is 0. The summed E-state index contributed by atoms with van der Waals surface area (Å²) in [4.78, 5) is 11.8. The molecule has 3 atom stereocenters. The Bertz CT molecular complexity index is 245. The molecular formula is C12H21NO2. The van der Waals surface area contributed by atoms with Crippen molar-refractivity contribution in [3.63, 3.8) is 0 Å². The van der Waals surface area contributed by atoms with Gasteiger partial charge in [0.15, 0.2) is 0 Å². The molecule has 1 saturated carbocycles. The highest BCUT2D eigenvalue weighted by Gasteiger charge is 2.41. The minimum absolute atomic E-state index is 0.0560. The van der Waals surface area contributed by atoms with Crippen molar-refractivity contribution in [2.75, 3.05) is 0 Å². The zero-order chi connectivity index (χ0) is 11.1. The average molecular weight is 211 g/mol. The highest BCUT2D eigenvalue weighted by Crippen LogP contribution is 2.35. The number of carbonyl (C=O) groups excluding carboxylic acids is 1. The largest absolute Gasteiger partial charge is 0.459 e. The smallest absolute Gasteiger partial charge is 0.323 e. The third-order valence-electron chi connectivity index (χ3n) is 3.30. The second kappa shape index (κ2) is 3.78. The molecule has 3 heteroatoms. The van der Waals surface area contributed by atoms with Gasteiger partial charge in [-0.2, -0.15) is 0 Å². The van der Waals surface area contributed by atoms with Crippen molar-refractivity contribution in [2.24, 2.45) is 5.92 Å². The molecule has 0 aromatic heterocycles. The fourth-order valence-corrected chi connectivity index (χ4v) is 2.70. The van der Waals surface area contributed by atoms with Gasteiger partial charge >= 0.3 is 5.97 Å². The Morgan fingerprint density at radius 2 is 2.07 bits per heavy atom. The van der Waals surface area contributed by atoms with E-state index < -0.39 is 0 Å². The molecule has 0 radical (unpaired) electrons. The lowest BCUT2D eigenvalue weighted by molar-refractivity contribution is -0.157. The summed E-state index contributed by atoms with van der Waals surface area (Å²) < 4.78 is 5.39. The third kappa shape index (κ3) is 2.51. The van der Waals surface area contributed by atoms with E-state index in [9.17, 15) is 4.79 Å². The molecule has 1 aliphatic carbocycles. The molecule has 1 aliphatic heterocycles. The van der Waals surface area contributed by atoms with E-state index in [1.165, 1.54) is 19.3 Å². The summed E-state index contributed by atoms with van der Waals surface area (Å²) in [6.07, 6.45) is 4.78. The molecule has 2 aliphatic rings. The molecule has 86 valence electrons. The Labute approximate surface area is 91.6 Å². The molecule has 2 fully saturated rings. The Hall–Kier alpha value is -0.570. The van der Waals surface area contributed by atoms with E-state index >= 15 is 0 Å². The molecule has 2 rings (SSSR count). The number of ether oxygens (including phenoxy) is 1. The number of carbonyl (C=O) groups is 1. The molecule has 0 bridgehead atoms. The van der Waals surface area contributed by atoms with Crippen LogP contribution in [0, 0.1) is 5.92 Å². The minimum atomic E-state index is -0.365. The van der Waals surface area contributed by atoms with Crippen molar-refractivity contribution >= 4 is 5.97 Å². The van der Waals surface area contributed by atoms with Crippen LogP contribution < -0.4 is 5.32 Å². The van der Waals surface area contributed by atoms with Crippen LogP contribution in [0.1, 0.15) is 46.5 Å². The van der Waals surface area contributed by atoms with Gasteiger partial charge in [0.1, 0.15) is 11.6 Å². The Kier molecular flexibility index (Phi) is 2.75. The second-order valence-electron chi connectivity index (χ2n) is 5.79. The fourth-order valence-electron chi connectivity index (χ4n) is 2.70. The normalized spacial score (nSPS) is 35.3. The Balaban J connectivity index is 1.88. The van der Waals surface area contributed by atoms with Crippen LogP contribution in [-0.4, -0.2) is 23.7 Å². The molecule has 0 aromatic rings. The van der Waals surface area contributed by atoms with Crippen molar-refractivity contribution in [1.29, 1.82) is 0 Å². The number of esters is 1. The van der Waals surface area contributed by atoms with Crippen LogP contribution in [-0.2, 0) is 9.53 Å². The number of nitrogens with one attached hydrogen (secondary N) is 1. The fraction of sp³-hybridized carbons (Fsp3) is 0.917. The van der Waals surface area contributed by atoms with Gasteiger partial charge in [-0.05, 0) is 46.0 Å². The lowest BCUT2D eigenvalue weighted by atomic mass is 10.0.